The molecule has 0 aromatic carbocycles. The second-order valence-corrected chi connectivity index (χ2v) is 6.68. The van der Waals surface area contributed by atoms with Gasteiger partial charge in [-0.2, -0.15) is 0 Å². The fraction of sp³-hybridized carbons (Fsp3) is 0.917. The SMILES string of the molecule is CC(CCN(C)C)NC1=NCC(C)(C)CS1. The number of hydrogen-bond donors (Lipinski definition) is 1. The maximum absolute atomic E-state index is 4.60. The van der Waals surface area contributed by atoms with E-state index in [9.17, 15) is 0 Å². The van der Waals surface area contributed by atoms with Gasteiger partial charge in [-0.05, 0) is 39.4 Å². The molecule has 1 heterocycles. The van der Waals surface area contributed by atoms with Crippen molar-refractivity contribution in [2.45, 2.75) is 33.2 Å². The van der Waals surface area contributed by atoms with Crippen LogP contribution in [0.25, 0.3) is 0 Å². The summed E-state index contributed by atoms with van der Waals surface area (Å²) in [5, 5.41) is 4.63. The molecular weight excluding hydrogens is 218 g/mol. The van der Waals surface area contributed by atoms with Crippen LogP contribution in [-0.4, -0.2) is 49.0 Å². The van der Waals surface area contributed by atoms with Gasteiger partial charge in [-0.15, -0.1) is 0 Å². The van der Waals surface area contributed by atoms with Crippen LogP contribution in [0.4, 0.5) is 0 Å². The van der Waals surface area contributed by atoms with Gasteiger partial charge in [0.05, 0.1) is 0 Å². The van der Waals surface area contributed by atoms with Crippen LogP contribution in [0.15, 0.2) is 4.99 Å². The van der Waals surface area contributed by atoms with Gasteiger partial charge >= 0.3 is 0 Å². The standard InChI is InChI=1S/C12H25N3S/c1-10(6-7-15(4)5)14-11-13-8-12(2,3)9-16-11/h10H,6-9H2,1-5H3,(H,13,14). The first-order chi connectivity index (χ1) is 7.39. The van der Waals surface area contributed by atoms with Gasteiger partial charge in [0.25, 0.3) is 0 Å². The highest BCUT2D eigenvalue weighted by molar-refractivity contribution is 8.13. The Bertz CT molecular complexity index is 249. The van der Waals surface area contributed by atoms with Crippen molar-refractivity contribution in [1.29, 1.82) is 0 Å². The second kappa shape index (κ2) is 5.92. The largest absolute Gasteiger partial charge is 0.362 e. The summed E-state index contributed by atoms with van der Waals surface area (Å²) in [6.07, 6.45) is 1.16. The summed E-state index contributed by atoms with van der Waals surface area (Å²) in [5.74, 6) is 1.17. The summed E-state index contributed by atoms with van der Waals surface area (Å²) in [6, 6.07) is 0.509. The average molecular weight is 243 g/mol. The molecule has 1 unspecified atom stereocenters. The van der Waals surface area contributed by atoms with Crippen LogP contribution in [0.1, 0.15) is 27.2 Å². The lowest BCUT2D eigenvalue weighted by atomic mass is 9.97. The number of rotatable bonds is 4. The molecule has 0 aromatic heterocycles. The fourth-order valence-corrected chi connectivity index (χ4v) is 2.52. The predicted octanol–water partition coefficient (Wildman–Crippen LogP) is 2.05. The van der Waals surface area contributed by atoms with E-state index in [4.69, 9.17) is 0 Å². The monoisotopic (exact) mass is 243 g/mol. The zero-order valence-corrected chi connectivity index (χ0v) is 12.0. The molecule has 0 aromatic rings. The maximum atomic E-state index is 4.60. The lowest BCUT2D eigenvalue weighted by Crippen LogP contribution is -2.37. The van der Waals surface area contributed by atoms with Crippen LogP contribution >= 0.6 is 11.8 Å². The number of thioether (sulfide) groups is 1. The van der Waals surface area contributed by atoms with E-state index in [2.05, 4.69) is 50.1 Å². The molecule has 0 aliphatic carbocycles. The minimum absolute atomic E-state index is 0.364. The van der Waals surface area contributed by atoms with Gasteiger partial charge in [-0.25, -0.2) is 0 Å². The molecule has 0 fully saturated rings. The molecule has 1 aliphatic heterocycles. The zero-order valence-electron chi connectivity index (χ0n) is 11.2. The lowest BCUT2D eigenvalue weighted by molar-refractivity contribution is 0.378. The van der Waals surface area contributed by atoms with E-state index in [1.165, 1.54) is 5.75 Å². The Balaban J connectivity index is 2.30. The lowest BCUT2D eigenvalue weighted by Gasteiger charge is -2.28. The molecule has 0 saturated heterocycles. The Labute approximate surface area is 104 Å². The van der Waals surface area contributed by atoms with Crippen molar-refractivity contribution >= 4 is 16.9 Å². The highest BCUT2D eigenvalue weighted by Gasteiger charge is 2.23. The van der Waals surface area contributed by atoms with Crippen LogP contribution in [0, 0.1) is 5.41 Å². The summed E-state index contributed by atoms with van der Waals surface area (Å²) >= 11 is 1.86. The minimum Gasteiger partial charge on any atom is -0.362 e. The molecule has 0 radical (unpaired) electrons. The molecule has 0 amide bonds. The Morgan fingerprint density at radius 1 is 1.50 bits per heavy atom. The average Bonchev–Trinajstić information content (AvgIpc) is 2.18. The summed E-state index contributed by atoms with van der Waals surface area (Å²) in [7, 11) is 4.23. The van der Waals surface area contributed by atoms with Crippen LogP contribution in [-0.2, 0) is 0 Å². The van der Waals surface area contributed by atoms with E-state index < -0.39 is 0 Å². The summed E-state index contributed by atoms with van der Waals surface area (Å²) in [6.45, 7) is 8.85. The number of amidine groups is 1. The Kier molecular flexibility index (Phi) is 5.12. The highest BCUT2D eigenvalue weighted by Crippen LogP contribution is 2.27. The topological polar surface area (TPSA) is 27.6 Å². The summed E-state index contributed by atoms with van der Waals surface area (Å²) in [4.78, 5) is 6.82. The fourth-order valence-electron chi connectivity index (χ4n) is 1.46. The Hall–Kier alpha value is -0.220. The minimum atomic E-state index is 0.364. The van der Waals surface area contributed by atoms with E-state index in [1.54, 1.807) is 0 Å². The van der Waals surface area contributed by atoms with Crippen molar-refractivity contribution in [3.8, 4) is 0 Å². The molecule has 1 aliphatic rings. The molecule has 1 N–H and O–H groups in total. The van der Waals surface area contributed by atoms with E-state index in [-0.39, 0.29) is 0 Å². The molecule has 3 nitrogen and oxygen atoms in total. The number of aliphatic imine (C=N–C) groups is 1. The van der Waals surface area contributed by atoms with Crippen LogP contribution in [0.3, 0.4) is 0 Å². The smallest absolute Gasteiger partial charge is 0.156 e. The van der Waals surface area contributed by atoms with Gasteiger partial charge in [-0.1, -0.05) is 25.6 Å². The van der Waals surface area contributed by atoms with Gasteiger partial charge in [0.1, 0.15) is 0 Å². The Morgan fingerprint density at radius 2 is 2.19 bits per heavy atom. The quantitative estimate of drug-likeness (QED) is 0.819. The van der Waals surface area contributed by atoms with Gasteiger partial charge in [-0.3, -0.25) is 4.99 Å². The van der Waals surface area contributed by atoms with Crippen molar-refractivity contribution in [3.05, 3.63) is 0 Å². The number of hydrogen-bond acceptors (Lipinski definition) is 4. The summed E-state index contributed by atoms with van der Waals surface area (Å²) < 4.78 is 0. The molecule has 0 bridgehead atoms. The number of nitrogens with zero attached hydrogens (tertiary/aromatic N) is 2. The van der Waals surface area contributed by atoms with Crippen molar-refractivity contribution in [3.63, 3.8) is 0 Å². The predicted molar refractivity (Wildman–Crippen MR) is 74.3 cm³/mol. The van der Waals surface area contributed by atoms with Crippen molar-refractivity contribution in [2.24, 2.45) is 10.4 Å². The van der Waals surface area contributed by atoms with E-state index in [1.807, 2.05) is 11.8 Å². The van der Waals surface area contributed by atoms with Crippen molar-refractivity contribution in [1.82, 2.24) is 10.2 Å². The molecule has 0 saturated carbocycles. The first-order valence-electron chi connectivity index (χ1n) is 5.97. The first-order valence-corrected chi connectivity index (χ1v) is 6.96. The van der Waals surface area contributed by atoms with Gasteiger partial charge in [0, 0.05) is 18.3 Å². The molecule has 4 heteroatoms. The van der Waals surface area contributed by atoms with Crippen LogP contribution < -0.4 is 5.32 Å². The van der Waals surface area contributed by atoms with E-state index >= 15 is 0 Å². The van der Waals surface area contributed by atoms with E-state index in [0.717, 1.165) is 24.7 Å². The van der Waals surface area contributed by atoms with Gasteiger partial charge in [0.15, 0.2) is 5.17 Å². The van der Waals surface area contributed by atoms with Gasteiger partial charge in [0.2, 0.25) is 0 Å². The molecule has 94 valence electrons. The zero-order chi connectivity index (χ0) is 12.2. The highest BCUT2D eigenvalue weighted by atomic mass is 32.2. The second-order valence-electron chi connectivity index (χ2n) is 5.71. The van der Waals surface area contributed by atoms with Crippen LogP contribution in [0.5, 0.6) is 0 Å². The molecule has 1 rings (SSSR count). The number of nitrogens with one attached hydrogen (secondary N) is 1. The molecule has 1 atom stereocenters. The van der Waals surface area contributed by atoms with Gasteiger partial charge < -0.3 is 10.2 Å². The third-order valence-electron chi connectivity index (χ3n) is 2.63. The normalized spacial score (nSPS) is 21.8. The van der Waals surface area contributed by atoms with Crippen molar-refractivity contribution < 1.29 is 0 Å². The van der Waals surface area contributed by atoms with E-state index in [0.29, 0.717) is 11.5 Å². The third kappa shape index (κ3) is 5.21. The first kappa shape index (κ1) is 13.8. The van der Waals surface area contributed by atoms with Crippen LogP contribution in [0.2, 0.25) is 0 Å². The van der Waals surface area contributed by atoms with Crippen molar-refractivity contribution in [2.75, 3.05) is 32.9 Å². The Morgan fingerprint density at radius 3 is 2.69 bits per heavy atom. The molecule has 16 heavy (non-hydrogen) atoms. The maximum Gasteiger partial charge on any atom is 0.156 e. The molecular formula is C12H25N3S. The third-order valence-corrected chi connectivity index (χ3v) is 4.08. The summed E-state index contributed by atoms with van der Waals surface area (Å²) in [5.41, 5.74) is 0.364. The molecule has 0 spiro atoms.